The average Bonchev–Trinajstić information content (AvgIpc) is 3.02. The van der Waals surface area contributed by atoms with E-state index in [-0.39, 0.29) is 23.7 Å². The highest BCUT2D eigenvalue weighted by atomic mass is 16.2. The molecule has 0 unspecified atom stereocenters. The molecule has 0 bridgehead atoms. The maximum absolute atomic E-state index is 12.8. The molecule has 42 heavy (non-hydrogen) atoms. The van der Waals surface area contributed by atoms with Gasteiger partial charge in [0.2, 0.25) is 0 Å². The molecule has 2 fully saturated rings. The Bertz CT molecular complexity index is 1310. The standard InChI is InChI=1S/C30H36N10O2/c31-29(32)39-17-13-37(14-18-39)25-9-5-23(6-10-25)35-27(41)21-1-2-22(4-3-21)28(42)36-24-7-11-26(12-8-24)38-15-19-40(20-16-38)30(33)34/h1-12H,13-20H2,(H3,31,32)(H3,33,34)(H,35,41)(H,36,42). The lowest BCUT2D eigenvalue weighted by molar-refractivity contribution is 0.101. The van der Waals surface area contributed by atoms with Crippen molar-refractivity contribution in [2.75, 3.05) is 72.8 Å². The van der Waals surface area contributed by atoms with Crippen LogP contribution in [0.4, 0.5) is 22.7 Å². The molecule has 0 aliphatic carbocycles. The van der Waals surface area contributed by atoms with Gasteiger partial charge in [0.15, 0.2) is 11.9 Å². The van der Waals surface area contributed by atoms with Crippen LogP contribution in [0.3, 0.4) is 0 Å². The Balaban J connectivity index is 1.11. The van der Waals surface area contributed by atoms with Crippen molar-refractivity contribution in [1.82, 2.24) is 9.80 Å². The molecule has 2 saturated heterocycles. The normalized spacial score (nSPS) is 15.2. The number of nitrogens with two attached hydrogens (primary N) is 2. The minimum absolute atomic E-state index is 0.102. The molecule has 12 nitrogen and oxygen atoms in total. The van der Waals surface area contributed by atoms with Gasteiger partial charge in [-0.2, -0.15) is 0 Å². The molecule has 2 heterocycles. The second-order valence-corrected chi connectivity index (χ2v) is 10.3. The summed E-state index contributed by atoms with van der Waals surface area (Å²) in [5.41, 5.74) is 15.5. The zero-order chi connectivity index (χ0) is 29.6. The van der Waals surface area contributed by atoms with Crippen LogP contribution in [0.2, 0.25) is 0 Å². The molecular formula is C30H36N10O2. The number of piperazine rings is 2. The molecule has 0 saturated carbocycles. The lowest BCUT2D eigenvalue weighted by Gasteiger charge is -2.36. The summed E-state index contributed by atoms with van der Waals surface area (Å²) in [6.45, 7) is 5.92. The number of carbonyl (C=O) groups is 2. The first-order valence-electron chi connectivity index (χ1n) is 13.9. The molecule has 0 atom stereocenters. The lowest BCUT2D eigenvalue weighted by atomic mass is 10.1. The molecule has 0 aromatic heterocycles. The molecule has 8 N–H and O–H groups in total. The maximum Gasteiger partial charge on any atom is 0.255 e. The molecule has 0 spiro atoms. The minimum Gasteiger partial charge on any atom is -0.370 e. The van der Waals surface area contributed by atoms with E-state index in [2.05, 4.69) is 20.4 Å². The molecule has 0 radical (unpaired) electrons. The topological polar surface area (TPSA) is 171 Å². The number of anilines is 4. The Labute approximate surface area is 244 Å². The van der Waals surface area contributed by atoms with E-state index in [9.17, 15) is 9.59 Å². The largest absolute Gasteiger partial charge is 0.370 e. The van der Waals surface area contributed by atoms with E-state index >= 15 is 0 Å². The number of nitrogens with one attached hydrogen (secondary N) is 4. The van der Waals surface area contributed by atoms with Gasteiger partial charge in [-0.3, -0.25) is 20.4 Å². The fourth-order valence-corrected chi connectivity index (χ4v) is 5.10. The summed E-state index contributed by atoms with van der Waals surface area (Å²) >= 11 is 0. The summed E-state index contributed by atoms with van der Waals surface area (Å²) in [6, 6.07) is 21.9. The van der Waals surface area contributed by atoms with E-state index in [0.29, 0.717) is 48.7 Å². The number of carbonyl (C=O) groups excluding carboxylic acids is 2. The third kappa shape index (κ3) is 6.72. The summed E-state index contributed by atoms with van der Waals surface area (Å²) in [5.74, 6) is -0.316. The predicted octanol–water partition coefficient (Wildman–Crippen LogP) is 2.22. The highest BCUT2D eigenvalue weighted by Crippen LogP contribution is 2.22. The Morgan fingerprint density at radius 2 is 0.833 bits per heavy atom. The number of hydrogen-bond donors (Lipinski definition) is 6. The van der Waals surface area contributed by atoms with Crippen LogP contribution in [0.15, 0.2) is 72.8 Å². The monoisotopic (exact) mass is 568 g/mol. The Kier molecular flexibility index (Phi) is 8.42. The van der Waals surface area contributed by atoms with Crippen molar-refractivity contribution in [3.05, 3.63) is 83.9 Å². The first-order chi connectivity index (χ1) is 20.3. The lowest BCUT2D eigenvalue weighted by Crippen LogP contribution is -2.50. The second-order valence-electron chi connectivity index (χ2n) is 10.3. The molecule has 2 amide bonds. The number of guanidine groups is 2. The van der Waals surface area contributed by atoms with Gasteiger partial charge in [0, 0.05) is 86.2 Å². The first kappa shape index (κ1) is 28.3. The Morgan fingerprint density at radius 1 is 0.524 bits per heavy atom. The van der Waals surface area contributed by atoms with Crippen molar-refractivity contribution < 1.29 is 9.59 Å². The van der Waals surface area contributed by atoms with Crippen molar-refractivity contribution in [3.8, 4) is 0 Å². The highest BCUT2D eigenvalue weighted by Gasteiger charge is 2.19. The van der Waals surface area contributed by atoms with E-state index in [4.69, 9.17) is 22.3 Å². The highest BCUT2D eigenvalue weighted by molar-refractivity contribution is 6.07. The van der Waals surface area contributed by atoms with Crippen LogP contribution < -0.4 is 31.9 Å². The van der Waals surface area contributed by atoms with E-state index in [1.165, 1.54) is 0 Å². The van der Waals surface area contributed by atoms with Gasteiger partial charge < -0.3 is 41.7 Å². The Hall–Kier alpha value is -5.26. The quantitative estimate of drug-likeness (QED) is 0.194. The molecule has 3 aromatic carbocycles. The van der Waals surface area contributed by atoms with Crippen LogP contribution in [0, 0.1) is 10.8 Å². The van der Waals surface area contributed by atoms with E-state index in [0.717, 1.165) is 37.6 Å². The number of hydrogen-bond acceptors (Lipinski definition) is 6. The molecular weight excluding hydrogens is 532 g/mol. The van der Waals surface area contributed by atoms with E-state index in [1.807, 2.05) is 58.3 Å². The van der Waals surface area contributed by atoms with Gasteiger partial charge >= 0.3 is 0 Å². The van der Waals surface area contributed by atoms with Crippen LogP contribution in [0.1, 0.15) is 20.7 Å². The zero-order valence-electron chi connectivity index (χ0n) is 23.3. The number of rotatable bonds is 6. The van der Waals surface area contributed by atoms with Gasteiger partial charge in [0.05, 0.1) is 0 Å². The van der Waals surface area contributed by atoms with Crippen LogP contribution in [0.25, 0.3) is 0 Å². The summed E-state index contributed by atoms with van der Waals surface area (Å²) < 4.78 is 0. The predicted molar refractivity (Wildman–Crippen MR) is 167 cm³/mol. The Morgan fingerprint density at radius 3 is 1.12 bits per heavy atom. The number of benzene rings is 3. The summed E-state index contributed by atoms with van der Waals surface area (Å²) in [7, 11) is 0. The van der Waals surface area contributed by atoms with E-state index < -0.39 is 0 Å². The first-order valence-corrected chi connectivity index (χ1v) is 13.9. The van der Waals surface area contributed by atoms with Crippen LogP contribution in [-0.4, -0.2) is 85.9 Å². The SMILES string of the molecule is N=C(N)N1CCN(c2ccc(NC(=O)c3ccc(C(=O)Nc4ccc(N5CCN(C(=N)N)CC5)cc4)cc3)cc2)CC1. The summed E-state index contributed by atoms with van der Waals surface area (Å²) in [5, 5.41) is 20.9. The smallest absolute Gasteiger partial charge is 0.255 e. The average molecular weight is 569 g/mol. The molecule has 12 heteroatoms. The van der Waals surface area contributed by atoms with Crippen molar-refractivity contribution in [2.24, 2.45) is 11.5 Å². The van der Waals surface area contributed by atoms with Gasteiger partial charge in [-0.25, -0.2) is 0 Å². The second kappa shape index (κ2) is 12.5. The summed E-state index contributed by atoms with van der Waals surface area (Å²) in [4.78, 5) is 33.7. The zero-order valence-corrected chi connectivity index (χ0v) is 23.3. The minimum atomic E-state index is -0.260. The molecule has 218 valence electrons. The van der Waals surface area contributed by atoms with E-state index in [1.54, 1.807) is 24.3 Å². The van der Waals surface area contributed by atoms with Crippen LogP contribution in [-0.2, 0) is 0 Å². The fraction of sp³-hybridized carbons (Fsp3) is 0.267. The molecule has 2 aliphatic rings. The molecule has 2 aliphatic heterocycles. The van der Waals surface area contributed by atoms with Crippen LogP contribution >= 0.6 is 0 Å². The third-order valence-electron chi connectivity index (χ3n) is 7.63. The van der Waals surface area contributed by atoms with Crippen molar-refractivity contribution in [3.63, 3.8) is 0 Å². The van der Waals surface area contributed by atoms with Gasteiger partial charge in [-0.1, -0.05) is 0 Å². The molecule has 3 aromatic rings. The number of nitrogens with zero attached hydrogens (tertiary/aromatic N) is 4. The molecule has 5 rings (SSSR count). The fourth-order valence-electron chi connectivity index (χ4n) is 5.10. The van der Waals surface area contributed by atoms with Gasteiger partial charge in [-0.15, -0.1) is 0 Å². The summed E-state index contributed by atoms with van der Waals surface area (Å²) in [6.07, 6.45) is 0. The van der Waals surface area contributed by atoms with Crippen molar-refractivity contribution in [2.45, 2.75) is 0 Å². The maximum atomic E-state index is 12.8. The van der Waals surface area contributed by atoms with Gasteiger partial charge in [0.25, 0.3) is 11.8 Å². The van der Waals surface area contributed by atoms with Gasteiger partial charge in [-0.05, 0) is 72.8 Å². The third-order valence-corrected chi connectivity index (χ3v) is 7.63. The number of amides is 2. The van der Waals surface area contributed by atoms with Crippen LogP contribution in [0.5, 0.6) is 0 Å². The van der Waals surface area contributed by atoms with Gasteiger partial charge in [0.1, 0.15) is 0 Å². The van der Waals surface area contributed by atoms with Crippen molar-refractivity contribution in [1.29, 1.82) is 10.8 Å². The van der Waals surface area contributed by atoms with Crippen molar-refractivity contribution >= 4 is 46.5 Å².